The standard InChI is InChI=1S/C21H25N3O2S/c1-6-23-20(26)16-9-7-8-10-18(16)22-21(23)27-12-19(25)17-11-14(4)24(13(2)3)15(17)5/h7-11,13H,6,12H2,1-5H3. The van der Waals surface area contributed by atoms with Crippen molar-refractivity contribution in [2.75, 3.05) is 5.75 Å². The van der Waals surface area contributed by atoms with Crippen molar-refractivity contribution in [3.63, 3.8) is 0 Å². The fourth-order valence-corrected chi connectivity index (χ4v) is 4.54. The molecule has 0 fully saturated rings. The van der Waals surface area contributed by atoms with E-state index in [0.717, 1.165) is 17.0 Å². The summed E-state index contributed by atoms with van der Waals surface area (Å²) < 4.78 is 3.81. The van der Waals surface area contributed by atoms with Crippen LogP contribution in [0.1, 0.15) is 48.6 Å². The molecule has 6 heteroatoms. The zero-order chi connectivity index (χ0) is 19.7. The summed E-state index contributed by atoms with van der Waals surface area (Å²) in [5.74, 6) is 0.317. The number of ketones is 1. The van der Waals surface area contributed by atoms with Gasteiger partial charge in [0.05, 0.1) is 16.7 Å². The smallest absolute Gasteiger partial charge is 0.262 e. The van der Waals surface area contributed by atoms with Crippen LogP contribution in [0.2, 0.25) is 0 Å². The molecule has 0 saturated heterocycles. The second kappa shape index (κ2) is 7.72. The van der Waals surface area contributed by atoms with Crippen LogP contribution < -0.4 is 5.56 Å². The molecule has 0 unspecified atom stereocenters. The number of fused-ring (bicyclic) bond motifs is 1. The lowest BCUT2D eigenvalue weighted by molar-refractivity contribution is 0.102. The van der Waals surface area contributed by atoms with Crippen molar-refractivity contribution in [2.45, 2.75) is 52.4 Å². The number of nitrogens with zero attached hydrogens (tertiary/aromatic N) is 3. The number of hydrogen-bond donors (Lipinski definition) is 0. The monoisotopic (exact) mass is 383 g/mol. The van der Waals surface area contributed by atoms with Crippen LogP contribution in [0.15, 0.2) is 40.3 Å². The molecule has 142 valence electrons. The van der Waals surface area contributed by atoms with Crippen LogP contribution in [0.5, 0.6) is 0 Å². The molecule has 2 heterocycles. The van der Waals surface area contributed by atoms with Gasteiger partial charge >= 0.3 is 0 Å². The van der Waals surface area contributed by atoms with Crippen molar-refractivity contribution >= 4 is 28.4 Å². The minimum absolute atomic E-state index is 0.0592. The molecule has 3 rings (SSSR count). The molecule has 0 atom stereocenters. The lowest BCUT2D eigenvalue weighted by Gasteiger charge is -2.13. The number of benzene rings is 1. The maximum atomic E-state index is 12.8. The van der Waals surface area contributed by atoms with Gasteiger partial charge in [-0.1, -0.05) is 23.9 Å². The second-order valence-electron chi connectivity index (χ2n) is 6.92. The molecular weight excluding hydrogens is 358 g/mol. The minimum atomic E-state index is -0.0592. The fourth-order valence-electron chi connectivity index (χ4n) is 3.60. The average Bonchev–Trinajstić information content (AvgIpc) is 2.94. The van der Waals surface area contributed by atoms with Gasteiger partial charge in [0.2, 0.25) is 0 Å². The van der Waals surface area contributed by atoms with E-state index in [2.05, 4.69) is 23.4 Å². The molecule has 0 amide bonds. The van der Waals surface area contributed by atoms with Crippen molar-refractivity contribution in [3.05, 3.63) is 57.6 Å². The normalized spacial score (nSPS) is 11.5. The van der Waals surface area contributed by atoms with Crippen LogP contribution in [0.25, 0.3) is 10.9 Å². The zero-order valence-electron chi connectivity index (χ0n) is 16.4. The number of Topliss-reactive ketones (excluding diaryl/α,β-unsaturated/α-hetero) is 1. The van der Waals surface area contributed by atoms with E-state index in [1.807, 2.05) is 45.0 Å². The Balaban J connectivity index is 1.90. The third-order valence-corrected chi connectivity index (χ3v) is 5.75. The Labute approximate surface area is 163 Å². The van der Waals surface area contributed by atoms with Gasteiger partial charge < -0.3 is 4.57 Å². The molecule has 0 radical (unpaired) electrons. The Morgan fingerprint density at radius 2 is 1.93 bits per heavy atom. The number of carbonyl (C=O) groups excluding carboxylic acids is 1. The number of aryl methyl sites for hydroxylation is 1. The van der Waals surface area contributed by atoms with Crippen molar-refractivity contribution in [2.24, 2.45) is 0 Å². The molecule has 0 spiro atoms. The highest BCUT2D eigenvalue weighted by Crippen LogP contribution is 2.24. The maximum Gasteiger partial charge on any atom is 0.262 e. The van der Waals surface area contributed by atoms with E-state index in [1.54, 1.807) is 10.6 Å². The van der Waals surface area contributed by atoms with Crippen molar-refractivity contribution in [1.82, 2.24) is 14.1 Å². The predicted molar refractivity (Wildman–Crippen MR) is 111 cm³/mol. The Hall–Kier alpha value is -2.34. The van der Waals surface area contributed by atoms with Crippen LogP contribution in [-0.4, -0.2) is 25.7 Å². The largest absolute Gasteiger partial charge is 0.346 e. The van der Waals surface area contributed by atoms with Gasteiger partial charge in [-0.15, -0.1) is 0 Å². The minimum Gasteiger partial charge on any atom is -0.346 e. The molecule has 0 saturated carbocycles. The maximum absolute atomic E-state index is 12.8. The van der Waals surface area contributed by atoms with Gasteiger partial charge in [0.1, 0.15) is 0 Å². The summed E-state index contributed by atoms with van der Waals surface area (Å²) in [6.45, 7) is 10.7. The topological polar surface area (TPSA) is 56.9 Å². The first-order valence-corrected chi connectivity index (χ1v) is 10.2. The molecule has 0 aliphatic rings. The summed E-state index contributed by atoms with van der Waals surface area (Å²) in [6, 6.07) is 9.60. The first kappa shape index (κ1) is 19.4. The van der Waals surface area contributed by atoms with Gasteiger partial charge in [0, 0.05) is 29.5 Å². The van der Waals surface area contributed by atoms with Gasteiger partial charge in [0.25, 0.3) is 5.56 Å². The number of hydrogen-bond acceptors (Lipinski definition) is 4. The molecule has 1 aromatic carbocycles. The highest BCUT2D eigenvalue weighted by molar-refractivity contribution is 7.99. The molecule has 0 aliphatic heterocycles. The first-order valence-electron chi connectivity index (χ1n) is 9.19. The van der Waals surface area contributed by atoms with Crippen LogP contribution in [0.3, 0.4) is 0 Å². The van der Waals surface area contributed by atoms with Crippen LogP contribution >= 0.6 is 11.8 Å². The SMILES string of the molecule is CCn1c(SCC(=O)c2cc(C)n(C(C)C)c2C)nc2ccccc2c1=O. The van der Waals surface area contributed by atoms with Crippen molar-refractivity contribution < 1.29 is 4.79 Å². The number of thioether (sulfide) groups is 1. The van der Waals surface area contributed by atoms with Gasteiger partial charge in [-0.3, -0.25) is 14.2 Å². The summed E-state index contributed by atoms with van der Waals surface area (Å²) >= 11 is 1.33. The molecular formula is C21H25N3O2S. The summed E-state index contributed by atoms with van der Waals surface area (Å²) in [5.41, 5.74) is 3.44. The molecule has 27 heavy (non-hydrogen) atoms. The second-order valence-corrected chi connectivity index (χ2v) is 7.86. The first-order chi connectivity index (χ1) is 12.8. The highest BCUT2D eigenvalue weighted by Gasteiger charge is 2.18. The van der Waals surface area contributed by atoms with Crippen molar-refractivity contribution in [3.8, 4) is 0 Å². The lowest BCUT2D eigenvalue weighted by Crippen LogP contribution is -2.22. The molecule has 0 N–H and O–H groups in total. The number of carbonyl (C=O) groups is 1. The Kier molecular flexibility index (Phi) is 5.56. The quantitative estimate of drug-likeness (QED) is 0.360. The summed E-state index contributed by atoms with van der Waals surface area (Å²) in [4.78, 5) is 30.1. The van der Waals surface area contributed by atoms with E-state index in [-0.39, 0.29) is 17.1 Å². The van der Waals surface area contributed by atoms with E-state index in [1.165, 1.54) is 11.8 Å². The van der Waals surface area contributed by atoms with Crippen LogP contribution in [0.4, 0.5) is 0 Å². The molecule has 2 aromatic heterocycles. The van der Waals surface area contributed by atoms with Gasteiger partial charge in [-0.25, -0.2) is 4.98 Å². The van der Waals surface area contributed by atoms with E-state index in [0.29, 0.717) is 28.6 Å². The van der Waals surface area contributed by atoms with Crippen LogP contribution in [-0.2, 0) is 6.54 Å². The zero-order valence-corrected chi connectivity index (χ0v) is 17.3. The Morgan fingerprint density at radius 1 is 1.22 bits per heavy atom. The molecule has 0 aliphatic carbocycles. The summed E-state index contributed by atoms with van der Waals surface area (Å²) in [5, 5.41) is 1.20. The Bertz CT molecular complexity index is 1060. The van der Waals surface area contributed by atoms with Gasteiger partial charge in [0.15, 0.2) is 10.9 Å². The van der Waals surface area contributed by atoms with E-state index < -0.39 is 0 Å². The predicted octanol–water partition coefficient (Wildman–Crippen LogP) is 4.39. The number of aromatic nitrogens is 3. The van der Waals surface area contributed by atoms with E-state index in [9.17, 15) is 9.59 Å². The molecule has 0 bridgehead atoms. The summed E-state index contributed by atoms with van der Waals surface area (Å²) in [7, 11) is 0. The fraction of sp³-hybridized carbons (Fsp3) is 0.381. The Morgan fingerprint density at radius 3 is 2.56 bits per heavy atom. The molecule has 3 aromatic rings. The lowest BCUT2D eigenvalue weighted by atomic mass is 10.2. The third-order valence-electron chi connectivity index (χ3n) is 4.78. The molecule has 5 nitrogen and oxygen atoms in total. The number of para-hydroxylation sites is 1. The van der Waals surface area contributed by atoms with Crippen LogP contribution in [0, 0.1) is 13.8 Å². The van der Waals surface area contributed by atoms with Gasteiger partial charge in [-0.05, 0) is 52.8 Å². The average molecular weight is 384 g/mol. The van der Waals surface area contributed by atoms with Gasteiger partial charge in [-0.2, -0.15) is 0 Å². The summed E-state index contributed by atoms with van der Waals surface area (Å²) in [6.07, 6.45) is 0. The third kappa shape index (κ3) is 3.58. The van der Waals surface area contributed by atoms with E-state index >= 15 is 0 Å². The van der Waals surface area contributed by atoms with Crippen molar-refractivity contribution in [1.29, 1.82) is 0 Å². The van der Waals surface area contributed by atoms with E-state index in [4.69, 9.17) is 0 Å². The number of rotatable bonds is 6. The highest BCUT2D eigenvalue weighted by atomic mass is 32.2.